The van der Waals surface area contributed by atoms with Gasteiger partial charge in [0.25, 0.3) is 5.69 Å². The van der Waals surface area contributed by atoms with E-state index in [2.05, 4.69) is 0 Å². The molecule has 0 saturated heterocycles. The van der Waals surface area contributed by atoms with E-state index in [0.717, 1.165) is 4.90 Å². The summed E-state index contributed by atoms with van der Waals surface area (Å²) in [6, 6.07) is 11.7. The first kappa shape index (κ1) is 15.3. The molecule has 0 fully saturated rings. The van der Waals surface area contributed by atoms with Gasteiger partial charge in [-0.3, -0.25) is 14.9 Å². The van der Waals surface area contributed by atoms with Crippen LogP contribution in [-0.2, 0) is 0 Å². The molecule has 0 aromatic heterocycles. The molecule has 3 rings (SSSR count). The molecule has 1 aliphatic rings. The molecule has 0 unspecified atom stereocenters. The minimum Gasteiger partial charge on any atom is -0.494 e. The largest absolute Gasteiger partial charge is 0.494 e. The van der Waals surface area contributed by atoms with E-state index in [9.17, 15) is 14.9 Å². The molecule has 1 heterocycles. The van der Waals surface area contributed by atoms with Gasteiger partial charge in [0.15, 0.2) is 0 Å². The zero-order chi connectivity index (χ0) is 16.4. The first-order valence-electron chi connectivity index (χ1n) is 7.04. The van der Waals surface area contributed by atoms with E-state index >= 15 is 0 Å². The van der Waals surface area contributed by atoms with Crippen LogP contribution in [0.2, 0.25) is 0 Å². The molecule has 0 N–H and O–H groups in total. The number of para-hydroxylation sites is 1. The van der Waals surface area contributed by atoms with E-state index in [-0.39, 0.29) is 11.5 Å². The summed E-state index contributed by atoms with van der Waals surface area (Å²) in [5, 5.41) is 11.1. The van der Waals surface area contributed by atoms with Crippen molar-refractivity contribution < 1.29 is 14.5 Å². The monoisotopic (exact) mass is 327 g/mol. The molecular weight excluding hydrogens is 314 g/mol. The lowest BCUT2D eigenvalue weighted by atomic mass is 10.1. The first-order valence-corrected chi connectivity index (χ1v) is 7.86. The molecule has 1 aliphatic heterocycles. The second-order valence-corrected chi connectivity index (χ2v) is 5.93. The minimum absolute atomic E-state index is 0.0145. The average Bonchev–Trinajstić information content (AvgIpc) is 2.84. The van der Waals surface area contributed by atoms with Gasteiger partial charge in [0, 0.05) is 16.5 Å². The highest BCUT2D eigenvalue weighted by atomic mass is 32.2. The number of thioether (sulfide) groups is 1. The smallest absolute Gasteiger partial charge is 0.276 e. The fraction of sp³-hybridized carbons (Fsp3) is 0.118. The Morgan fingerprint density at radius 3 is 2.78 bits per heavy atom. The SMILES string of the molecule is CCOc1ccc2c(c1)SC(=Cc1ccccc1[N+](=O)[O-])C2=O. The van der Waals surface area contributed by atoms with Crippen molar-refractivity contribution >= 4 is 29.3 Å². The van der Waals surface area contributed by atoms with Crippen molar-refractivity contribution in [3.63, 3.8) is 0 Å². The van der Waals surface area contributed by atoms with Crippen molar-refractivity contribution in [2.75, 3.05) is 6.61 Å². The number of hydrogen-bond donors (Lipinski definition) is 0. The fourth-order valence-corrected chi connectivity index (χ4v) is 3.41. The van der Waals surface area contributed by atoms with Crippen LogP contribution in [-0.4, -0.2) is 17.3 Å². The minimum atomic E-state index is -0.448. The second-order valence-electron chi connectivity index (χ2n) is 4.85. The summed E-state index contributed by atoms with van der Waals surface area (Å²) in [7, 11) is 0. The summed E-state index contributed by atoms with van der Waals surface area (Å²) in [4.78, 5) is 24.4. The quantitative estimate of drug-likeness (QED) is 0.475. The molecule has 0 amide bonds. The number of Topliss-reactive ketones (excluding diaryl/α,β-unsaturated/α-hetero) is 1. The number of nitro groups is 1. The molecule has 2 aromatic carbocycles. The van der Waals surface area contributed by atoms with Crippen LogP contribution in [0.3, 0.4) is 0 Å². The van der Waals surface area contributed by atoms with Crippen LogP contribution in [0.4, 0.5) is 5.69 Å². The Morgan fingerprint density at radius 1 is 1.26 bits per heavy atom. The second kappa shape index (κ2) is 6.26. The maximum atomic E-state index is 12.5. The van der Waals surface area contributed by atoms with Gasteiger partial charge < -0.3 is 4.74 Å². The van der Waals surface area contributed by atoms with Crippen molar-refractivity contribution in [1.29, 1.82) is 0 Å². The number of carbonyl (C=O) groups excluding carboxylic acids is 1. The number of ether oxygens (including phenoxy) is 1. The van der Waals surface area contributed by atoms with E-state index in [4.69, 9.17) is 4.74 Å². The summed E-state index contributed by atoms with van der Waals surface area (Å²) in [5.41, 5.74) is 1.01. The molecule has 0 bridgehead atoms. The zero-order valence-corrected chi connectivity index (χ0v) is 13.1. The summed E-state index contributed by atoms with van der Waals surface area (Å²) in [6.45, 7) is 2.45. The van der Waals surface area contributed by atoms with Crippen LogP contribution in [0.25, 0.3) is 6.08 Å². The summed E-state index contributed by atoms with van der Waals surface area (Å²) < 4.78 is 5.44. The third kappa shape index (κ3) is 2.98. The summed E-state index contributed by atoms with van der Waals surface area (Å²) >= 11 is 1.31. The predicted molar refractivity (Wildman–Crippen MR) is 88.9 cm³/mol. The van der Waals surface area contributed by atoms with Gasteiger partial charge >= 0.3 is 0 Å². The molecule has 116 valence electrons. The predicted octanol–water partition coefficient (Wildman–Crippen LogP) is 4.32. The molecular formula is C17H13NO4S. The third-order valence-corrected chi connectivity index (χ3v) is 4.45. The molecule has 0 saturated carbocycles. The Labute approximate surface area is 137 Å². The van der Waals surface area contributed by atoms with Gasteiger partial charge in [0.05, 0.1) is 22.0 Å². The van der Waals surface area contributed by atoms with Crippen LogP contribution in [0.1, 0.15) is 22.8 Å². The van der Waals surface area contributed by atoms with Gasteiger partial charge in [0.1, 0.15) is 5.75 Å². The van der Waals surface area contributed by atoms with Crippen molar-refractivity contribution in [2.45, 2.75) is 11.8 Å². The molecule has 0 atom stereocenters. The van der Waals surface area contributed by atoms with E-state index in [1.54, 1.807) is 36.4 Å². The Morgan fingerprint density at radius 2 is 2.04 bits per heavy atom. The molecule has 0 spiro atoms. The molecule has 6 heteroatoms. The van der Waals surface area contributed by atoms with Gasteiger partial charge in [-0.05, 0) is 37.3 Å². The highest BCUT2D eigenvalue weighted by Gasteiger charge is 2.27. The number of ketones is 1. The van der Waals surface area contributed by atoms with E-state index < -0.39 is 4.92 Å². The Balaban J connectivity index is 1.97. The summed E-state index contributed by atoms with van der Waals surface area (Å²) in [5.74, 6) is 0.588. The highest BCUT2D eigenvalue weighted by Crippen LogP contribution is 2.43. The van der Waals surface area contributed by atoms with E-state index in [1.807, 2.05) is 13.0 Å². The van der Waals surface area contributed by atoms with Crippen LogP contribution in [0.5, 0.6) is 5.75 Å². The fourth-order valence-electron chi connectivity index (χ4n) is 2.34. The van der Waals surface area contributed by atoms with Crippen LogP contribution in [0, 0.1) is 10.1 Å². The highest BCUT2D eigenvalue weighted by molar-refractivity contribution is 8.04. The third-order valence-electron chi connectivity index (χ3n) is 3.37. The molecule has 0 aliphatic carbocycles. The van der Waals surface area contributed by atoms with Gasteiger partial charge in [-0.2, -0.15) is 0 Å². The maximum absolute atomic E-state index is 12.5. The topological polar surface area (TPSA) is 69.4 Å². The molecule has 23 heavy (non-hydrogen) atoms. The van der Waals surface area contributed by atoms with E-state index in [0.29, 0.717) is 28.4 Å². The van der Waals surface area contributed by atoms with E-state index in [1.165, 1.54) is 17.8 Å². The lowest BCUT2D eigenvalue weighted by Crippen LogP contribution is -1.96. The van der Waals surface area contributed by atoms with Crippen molar-refractivity contribution in [3.8, 4) is 5.75 Å². The number of rotatable bonds is 4. The standard InChI is InChI=1S/C17H13NO4S/c1-2-22-12-7-8-13-15(10-12)23-16(17(13)19)9-11-5-3-4-6-14(11)18(20)21/h3-10H,2H2,1H3. The number of benzene rings is 2. The average molecular weight is 327 g/mol. The van der Waals surface area contributed by atoms with Crippen LogP contribution < -0.4 is 4.74 Å². The zero-order valence-electron chi connectivity index (χ0n) is 12.3. The van der Waals surface area contributed by atoms with Crippen LogP contribution >= 0.6 is 11.8 Å². The Hall–Kier alpha value is -2.60. The normalized spacial score (nSPS) is 14.8. The Kier molecular flexibility index (Phi) is 4.16. The Bertz CT molecular complexity index is 829. The van der Waals surface area contributed by atoms with Crippen molar-refractivity contribution in [2.24, 2.45) is 0 Å². The lowest BCUT2D eigenvalue weighted by Gasteiger charge is -2.03. The molecule has 5 nitrogen and oxygen atoms in total. The first-order chi connectivity index (χ1) is 11.1. The number of carbonyl (C=O) groups is 1. The van der Waals surface area contributed by atoms with Gasteiger partial charge in [-0.15, -0.1) is 0 Å². The number of nitrogens with zero attached hydrogens (tertiary/aromatic N) is 1. The van der Waals surface area contributed by atoms with Crippen LogP contribution in [0.15, 0.2) is 52.3 Å². The summed E-state index contributed by atoms with van der Waals surface area (Å²) in [6.07, 6.45) is 1.57. The van der Waals surface area contributed by atoms with Gasteiger partial charge in [0.2, 0.25) is 5.78 Å². The van der Waals surface area contributed by atoms with Crippen molar-refractivity contribution in [3.05, 3.63) is 68.6 Å². The number of allylic oxidation sites excluding steroid dienone is 1. The number of nitro benzene ring substituents is 1. The maximum Gasteiger partial charge on any atom is 0.276 e. The molecule has 2 aromatic rings. The lowest BCUT2D eigenvalue weighted by molar-refractivity contribution is -0.385. The number of fused-ring (bicyclic) bond motifs is 1. The molecule has 0 radical (unpaired) electrons. The van der Waals surface area contributed by atoms with Gasteiger partial charge in [-0.25, -0.2) is 0 Å². The van der Waals surface area contributed by atoms with Gasteiger partial charge in [-0.1, -0.05) is 23.9 Å². The van der Waals surface area contributed by atoms with Crippen molar-refractivity contribution in [1.82, 2.24) is 0 Å². The number of hydrogen-bond acceptors (Lipinski definition) is 5.